The fraction of sp³-hybridized carbons (Fsp3) is 0.625. The number of piperazine rings is 1. The molecule has 4 heteroatoms. The van der Waals surface area contributed by atoms with E-state index in [2.05, 4.69) is 16.3 Å². The minimum absolute atomic E-state index is 0.436. The molecule has 0 unspecified atom stereocenters. The number of halogens is 2. The van der Waals surface area contributed by atoms with Crippen LogP contribution in [-0.2, 0) is 0 Å². The van der Waals surface area contributed by atoms with Crippen LogP contribution in [0.2, 0.25) is 10.0 Å². The Bertz CT molecular complexity index is 452. The van der Waals surface area contributed by atoms with Gasteiger partial charge >= 0.3 is 0 Å². The van der Waals surface area contributed by atoms with Crippen molar-refractivity contribution in [2.24, 2.45) is 5.92 Å². The van der Waals surface area contributed by atoms with Gasteiger partial charge in [0.05, 0.1) is 0 Å². The molecule has 1 aromatic rings. The summed E-state index contributed by atoms with van der Waals surface area (Å²) >= 11 is 12.7. The number of hydrogen-bond donors (Lipinski definition) is 1. The van der Waals surface area contributed by atoms with Crippen LogP contribution in [0.3, 0.4) is 0 Å². The molecule has 2 aliphatic rings. The van der Waals surface area contributed by atoms with Gasteiger partial charge < -0.3 is 5.32 Å². The number of nitrogens with one attached hydrogen (secondary N) is 1. The quantitative estimate of drug-likeness (QED) is 0.902. The molecule has 2 nitrogen and oxygen atoms in total. The molecule has 20 heavy (non-hydrogen) atoms. The van der Waals surface area contributed by atoms with Crippen molar-refractivity contribution in [3.8, 4) is 0 Å². The molecule has 1 atom stereocenters. The van der Waals surface area contributed by atoms with Crippen LogP contribution < -0.4 is 5.32 Å². The Morgan fingerprint density at radius 1 is 1.10 bits per heavy atom. The van der Waals surface area contributed by atoms with Gasteiger partial charge in [-0.3, -0.25) is 4.90 Å². The zero-order chi connectivity index (χ0) is 13.9. The second-order valence-electron chi connectivity index (χ2n) is 5.94. The van der Waals surface area contributed by atoms with Crippen molar-refractivity contribution in [1.82, 2.24) is 10.2 Å². The second kappa shape index (κ2) is 6.65. The number of benzene rings is 1. The van der Waals surface area contributed by atoms with Gasteiger partial charge in [0.15, 0.2) is 0 Å². The van der Waals surface area contributed by atoms with Crippen LogP contribution in [0.25, 0.3) is 0 Å². The molecule has 0 aromatic heterocycles. The van der Waals surface area contributed by atoms with Gasteiger partial charge in [0.1, 0.15) is 0 Å². The molecule has 0 bridgehead atoms. The number of hydrogen-bond acceptors (Lipinski definition) is 2. The summed E-state index contributed by atoms with van der Waals surface area (Å²) < 4.78 is 0. The third-order valence-electron chi connectivity index (χ3n) is 4.67. The van der Waals surface area contributed by atoms with Gasteiger partial charge in [0, 0.05) is 42.3 Å². The van der Waals surface area contributed by atoms with E-state index in [1.807, 2.05) is 12.1 Å². The first-order valence-electron chi connectivity index (χ1n) is 7.65. The van der Waals surface area contributed by atoms with E-state index in [9.17, 15) is 0 Å². The largest absolute Gasteiger partial charge is 0.314 e. The lowest BCUT2D eigenvalue weighted by Crippen LogP contribution is -2.46. The predicted molar refractivity (Wildman–Crippen MR) is 85.6 cm³/mol. The molecule has 110 valence electrons. The van der Waals surface area contributed by atoms with Gasteiger partial charge in [-0.25, -0.2) is 0 Å². The van der Waals surface area contributed by atoms with Crippen molar-refractivity contribution in [3.05, 3.63) is 33.8 Å². The molecule has 0 amide bonds. The van der Waals surface area contributed by atoms with Crippen molar-refractivity contribution < 1.29 is 0 Å². The molecule has 0 radical (unpaired) electrons. The van der Waals surface area contributed by atoms with Crippen molar-refractivity contribution in [2.75, 3.05) is 26.2 Å². The van der Waals surface area contributed by atoms with E-state index >= 15 is 0 Å². The molecular formula is C16H22Cl2N2. The third-order valence-corrected chi connectivity index (χ3v) is 5.25. The SMILES string of the molecule is Clc1ccc(Cl)c([C@H](C2CCCC2)N2CCNCC2)c1. The molecule has 2 fully saturated rings. The van der Waals surface area contributed by atoms with Gasteiger partial charge in [0.2, 0.25) is 0 Å². The van der Waals surface area contributed by atoms with E-state index in [1.54, 1.807) is 0 Å². The lowest BCUT2D eigenvalue weighted by atomic mass is 9.89. The maximum atomic E-state index is 6.49. The van der Waals surface area contributed by atoms with Crippen LogP contribution in [0.4, 0.5) is 0 Å². The zero-order valence-electron chi connectivity index (χ0n) is 11.7. The maximum absolute atomic E-state index is 6.49. The summed E-state index contributed by atoms with van der Waals surface area (Å²) in [6.45, 7) is 4.34. The van der Waals surface area contributed by atoms with Gasteiger partial charge in [0.25, 0.3) is 0 Å². The lowest BCUT2D eigenvalue weighted by Gasteiger charge is -2.39. The molecule has 0 spiro atoms. The van der Waals surface area contributed by atoms with E-state index in [4.69, 9.17) is 23.2 Å². The van der Waals surface area contributed by atoms with Crippen LogP contribution in [0, 0.1) is 5.92 Å². The van der Waals surface area contributed by atoms with Crippen molar-refractivity contribution in [1.29, 1.82) is 0 Å². The van der Waals surface area contributed by atoms with E-state index in [1.165, 1.54) is 31.2 Å². The van der Waals surface area contributed by atoms with Crippen molar-refractivity contribution >= 4 is 23.2 Å². The molecule has 1 N–H and O–H groups in total. The normalized spacial score (nSPS) is 23.1. The average molecular weight is 313 g/mol. The minimum atomic E-state index is 0.436. The van der Waals surface area contributed by atoms with Gasteiger partial charge in [-0.1, -0.05) is 36.0 Å². The van der Waals surface area contributed by atoms with Crippen LogP contribution in [0.1, 0.15) is 37.3 Å². The van der Waals surface area contributed by atoms with E-state index in [-0.39, 0.29) is 0 Å². The van der Waals surface area contributed by atoms with Crippen molar-refractivity contribution in [2.45, 2.75) is 31.7 Å². The van der Waals surface area contributed by atoms with E-state index < -0.39 is 0 Å². The summed E-state index contributed by atoms with van der Waals surface area (Å²) in [5.41, 5.74) is 1.23. The highest BCUT2D eigenvalue weighted by Crippen LogP contribution is 2.42. The lowest BCUT2D eigenvalue weighted by molar-refractivity contribution is 0.125. The standard InChI is InChI=1S/C16H22Cl2N2/c17-13-5-6-15(18)14(11-13)16(12-3-1-2-4-12)20-9-7-19-8-10-20/h5-6,11-12,16,19H,1-4,7-10H2/t16-/m0/s1. The molecule has 3 rings (SSSR count). The average Bonchev–Trinajstić information content (AvgIpc) is 2.98. The Morgan fingerprint density at radius 3 is 2.50 bits per heavy atom. The Hall–Kier alpha value is -0.280. The smallest absolute Gasteiger partial charge is 0.0455 e. The molecule has 1 aliphatic heterocycles. The number of rotatable bonds is 3. The fourth-order valence-corrected chi connectivity index (χ4v) is 4.13. The number of nitrogens with zero attached hydrogens (tertiary/aromatic N) is 1. The highest BCUT2D eigenvalue weighted by Gasteiger charge is 2.33. The van der Waals surface area contributed by atoms with Crippen molar-refractivity contribution in [3.63, 3.8) is 0 Å². The minimum Gasteiger partial charge on any atom is -0.314 e. The van der Waals surface area contributed by atoms with E-state index in [0.717, 1.165) is 42.1 Å². The topological polar surface area (TPSA) is 15.3 Å². The van der Waals surface area contributed by atoms with Gasteiger partial charge in [-0.2, -0.15) is 0 Å². The monoisotopic (exact) mass is 312 g/mol. The summed E-state index contributed by atoms with van der Waals surface area (Å²) in [7, 11) is 0. The second-order valence-corrected chi connectivity index (χ2v) is 6.78. The first-order chi connectivity index (χ1) is 9.75. The molecule has 1 saturated carbocycles. The summed E-state index contributed by atoms with van der Waals surface area (Å²) in [5.74, 6) is 0.726. The van der Waals surface area contributed by atoms with Crippen LogP contribution in [0.5, 0.6) is 0 Å². The molecule has 1 heterocycles. The molecular weight excluding hydrogens is 291 g/mol. The Balaban J connectivity index is 1.92. The van der Waals surface area contributed by atoms with Crippen LogP contribution >= 0.6 is 23.2 Å². The predicted octanol–water partition coefficient (Wildman–Crippen LogP) is 4.13. The fourth-order valence-electron chi connectivity index (χ4n) is 3.72. The summed E-state index contributed by atoms with van der Waals surface area (Å²) in [6, 6.07) is 6.35. The van der Waals surface area contributed by atoms with E-state index in [0.29, 0.717) is 6.04 Å². The highest BCUT2D eigenvalue weighted by molar-refractivity contribution is 6.33. The van der Waals surface area contributed by atoms with Crippen LogP contribution in [0.15, 0.2) is 18.2 Å². The zero-order valence-corrected chi connectivity index (χ0v) is 13.3. The molecule has 1 saturated heterocycles. The first kappa shape index (κ1) is 14.6. The van der Waals surface area contributed by atoms with Crippen LogP contribution in [-0.4, -0.2) is 31.1 Å². The summed E-state index contributed by atoms with van der Waals surface area (Å²) in [4.78, 5) is 2.60. The highest BCUT2D eigenvalue weighted by atomic mass is 35.5. The Kier molecular flexibility index (Phi) is 4.87. The van der Waals surface area contributed by atoms with Gasteiger partial charge in [-0.15, -0.1) is 0 Å². The Morgan fingerprint density at radius 2 is 1.80 bits per heavy atom. The summed E-state index contributed by atoms with van der Waals surface area (Å²) in [5, 5.41) is 5.10. The molecule has 1 aliphatic carbocycles. The Labute approximate surface area is 131 Å². The summed E-state index contributed by atoms with van der Waals surface area (Å²) in [6.07, 6.45) is 5.34. The maximum Gasteiger partial charge on any atom is 0.0455 e. The molecule has 1 aromatic carbocycles. The third kappa shape index (κ3) is 3.14. The first-order valence-corrected chi connectivity index (χ1v) is 8.41. The van der Waals surface area contributed by atoms with Gasteiger partial charge in [-0.05, 0) is 42.5 Å².